The zero-order chi connectivity index (χ0) is 28.0. The minimum atomic E-state index is -4.42. The number of piperazine rings is 1. The zero-order valence-electron chi connectivity index (χ0n) is 21.1. The third-order valence-corrected chi connectivity index (χ3v) is 7.48. The molecule has 1 aliphatic heterocycles. The summed E-state index contributed by atoms with van der Waals surface area (Å²) in [5, 5.41) is 0. The Hall–Kier alpha value is -3.93. The molecule has 1 fully saturated rings. The zero-order valence-corrected chi connectivity index (χ0v) is 22.0. The van der Waals surface area contributed by atoms with E-state index in [1.807, 2.05) is 6.92 Å². The van der Waals surface area contributed by atoms with Crippen molar-refractivity contribution in [2.45, 2.75) is 18.0 Å². The van der Waals surface area contributed by atoms with Crippen LogP contribution in [0.25, 0.3) is 0 Å². The Morgan fingerprint density at radius 1 is 0.897 bits per heavy atom. The summed E-state index contributed by atoms with van der Waals surface area (Å²) in [6, 6.07) is 17.4. The fraction of sp³-hybridized carbons (Fsp3) is 0.296. The van der Waals surface area contributed by atoms with Gasteiger partial charge in [-0.1, -0.05) is 6.07 Å². The number of alkyl halides is 3. The second-order valence-electron chi connectivity index (χ2n) is 8.74. The van der Waals surface area contributed by atoms with Gasteiger partial charge >= 0.3 is 6.18 Å². The summed E-state index contributed by atoms with van der Waals surface area (Å²) in [6.07, 6.45) is -4.42. The molecule has 1 saturated heterocycles. The molecule has 0 atom stereocenters. The van der Waals surface area contributed by atoms with Crippen LogP contribution in [0, 0.1) is 0 Å². The number of amides is 1. The van der Waals surface area contributed by atoms with E-state index in [0.717, 1.165) is 12.1 Å². The van der Waals surface area contributed by atoms with Crippen molar-refractivity contribution in [3.8, 4) is 11.5 Å². The van der Waals surface area contributed by atoms with Gasteiger partial charge in [-0.05, 0) is 73.7 Å². The molecule has 0 bridgehead atoms. The minimum absolute atomic E-state index is 0.0285. The van der Waals surface area contributed by atoms with Crippen LogP contribution in [-0.4, -0.2) is 58.6 Å². The van der Waals surface area contributed by atoms with Gasteiger partial charge in [-0.3, -0.25) is 9.52 Å². The van der Waals surface area contributed by atoms with Gasteiger partial charge in [0.2, 0.25) is 0 Å². The molecule has 4 rings (SSSR count). The van der Waals surface area contributed by atoms with Crippen LogP contribution in [0.15, 0.2) is 77.7 Å². The summed E-state index contributed by atoms with van der Waals surface area (Å²) in [5.41, 5.74) is 0.135. The van der Waals surface area contributed by atoms with E-state index in [9.17, 15) is 26.4 Å². The first-order valence-electron chi connectivity index (χ1n) is 12.2. The average Bonchev–Trinajstić information content (AvgIpc) is 2.93. The van der Waals surface area contributed by atoms with Crippen molar-refractivity contribution in [3.63, 3.8) is 0 Å². The normalized spacial score (nSPS) is 14.2. The molecule has 3 aromatic rings. The van der Waals surface area contributed by atoms with Crippen LogP contribution in [-0.2, 0) is 21.0 Å². The topological polar surface area (TPSA) is 88.2 Å². The van der Waals surface area contributed by atoms with E-state index in [1.54, 1.807) is 40.1 Å². The first kappa shape index (κ1) is 28.1. The number of hydrogen-bond donors (Lipinski definition) is 1. The van der Waals surface area contributed by atoms with Crippen LogP contribution >= 0.6 is 0 Å². The van der Waals surface area contributed by atoms with Crippen molar-refractivity contribution in [1.82, 2.24) is 4.90 Å². The van der Waals surface area contributed by atoms with E-state index < -0.39 is 21.8 Å². The lowest BCUT2D eigenvalue weighted by molar-refractivity contribution is -0.137. The van der Waals surface area contributed by atoms with E-state index in [0.29, 0.717) is 55.7 Å². The first-order chi connectivity index (χ1) is 18.5. The van der Waals surface area contributed by atoms with E-state index in [2.05, 4.69) is 4.72 Å². The number of halogens is 3. The van der Waals surface area contributed by atoms with Gasteiger partial charge in [-0.15, -0.1) is 0 Å². The molecule has 0 aliphatic carbocycles. The van der Waals surface area contributed by atoms with Crippen LogP contribution in [0.1, 0.15) is 12.5 Å². The van der Waals surface area contributed by atoms with Crippen LogP contribution < -0.4 is 19.1 Å². The number of benzene rings is 3. The van der Waals surface area contributed by atoms with Crippen molar-refractivity contribution in [2.75, 3.05) is 49.0 Å². The van der Waals surface area contributed by atoms with Gasteiger partial charge < -0.3 is 19.3 Å². The predicted octanol–water partition coefficient (Wildman–Crippen LogP) is 4.63. The molecule has 0 radical (unpaired) electrons. The fourth-order valence-electron chi connectivity index (χ4n) is 4.04. The third kappa shape index (κ3) is 7.34. The van der Waals surface area contributed by atoms with E-state index >= 15 is 0 Å². The maximum Gasteiger partial charge on any atom is 0.416 e. The molecule has 0 spiro atoms. The number of nitrogens with zero attached hydrogens (tertiary/aromatic N) is 2. The largest absolute Gasteiger partial charge is 0.494 e. The molecular weight excluding hydrogens is 535 g/mol. The van der Waals surface area contributed by atoms with Gasteiger partial charge in [0.05, 0.1) is 17.1 Å². The molecule has 1 aliphatic rings. The van der Waals surface area contributed by atoms with Crippen LogP contribution in [0.5, 0.6) is 11.5 Å². The Bertz CT molecular complexity index is 1370. The lowest BCUT2D eigenvalue weighted by Crippen LogP contribution is -2.50. The third-order valence-electron chi connectivity index (χ3n) is 6.08. The maximum absolute atomic E-state index is 13.0. The molecule has 0 aromatic heterocycles. The molecule has 208 valence electrons. The van der Waals surface area contributed by atoms with Gasteiger partial charge in [-0.2, -0.15) is 13.2 Å². The molecule has 3 aromatic carbocycles. The van der Waals surface area contributed by atoms with Gasteiger partial charge in [0.15, 0.2) is 6.61 Å². The molecule has 1 N–H and O–H groups in total. The number of carbonyl (C=O) groups is 1. The van der Waals surface area contributed by atoms with Gasteiger partial charge in [-0.25, -0.2) is 8.42 Å². The summed E-state index contributed by atoms with van der Waals surface area (Å²) < 4.78 is 77.8. The molecule has 12 heteroatoms. The summed E-state index contributed by atoms with van der Waals surface area (Å²) in [6.45, 7) is 3.57. The molecule has 8 nitrogen and oxygen atoms in total. The Morgan fingerprint density at radius 3 is 2.13 bits per heavy atom. The Morgan fingerprint density at radius 2 is 1.51 bits per heavy atom. The van der Waals surface area contributed by atoms with Crippen molar-refractivity contribution in [3.05, 3.63) is 78.4 Å². The summed E-state index contributed by atoms with van der Waals surface area (Å²) >= 11 is 0. The molecular formula is C27H28F3N3O5S. The van der Waals surface area contributed by atoms with Gasteiger partial charge in [0.25, 0.3) is 15.9 Å². The smallest absolute Gasteiger partial charge is 0.416 e. The Balaban J connectivity index is 1.27. The number of carbonyl (C=O) groups excluding carboxylic acids is 1. The Kier molecular flexibility index (Phi) is 8.54. The van der Waals surface area contributed by atoms with Crippen molar-refractivity contribution >= 4 is 27.3 Å². The standard InChI is InChI=1S/C27H28F3N3O5S/c1-2-37-23-8-6-21(7-9-23)31-39(35,36)25-12-10-24(11-13-25)38-19-26(34)33-16-14-32(15-17-33)22-5-3-4-20(18-22)27(28,29)30/h3-13,18,31H,2,14-17,19H2,1H3. The predicted molar refractivity (Wildman–Crippen MR) is 141 cm³/mol. The number of rotatable bonds is 9. The lowest BCUT2D eigenvalue weighted by atomic mass is 10.1. The van der Waals surface area contributed by atoms with Crippen molar-refractivity contribution in [2.24, 2.45) is 0 Å². The van der Waals surface area contributed by atoms with E-state index in [-0.39, 0.29) is 17.4 Å². The Labute approximate surface area is 225 Å². The number of hydrogen-bond acceptors (Lipinski definition) is 6. The highest BCUT2D eigenvalue weighted by molar-refractivity contribution is 7.92. The van der Waals surface area contributed by atoms with Gasteiger partial charge in [0.1, 0.15) is 11.5 Å². The van der Waals surface area contributed by atoms with Crippen LogP contribution in [0.3, 0.4) is 0 Å². The number of anilines is 2. The summed E-state index contributed by atoms with van der Waals surface area (Å²) in [4.78, 5) is 16.0. The highest BCUT2D eigenvalue weighted by Crippen LogP contribution is 2.32. The summed E-state index contributed by atoms with van der Waals surface area (Å²) in [7, 11) is -3.83. The summed E-state index contributed by atoms with van der Waals surface area (Å²) in [5.74, 6) is 0.688. The number of nitrogens with one attached hydrogen (secondary N) is 1. The van der Waals surface area contributed by atoms with Crippen molar-refractivity contribution in [1.29, 1.82) is 0 Å². The van der Waals surface area contributed by atoms with E-state index in [1.165, 1.54) is 30.3 Å². The highest BCUT2D eigenvalue weighted by Gasteiger charge is 2.31. The maximum atomic E-state index is 13.0. The lowest BCUT2D eigenvalue weighted by Gasteiger charge is -2.36. The average molecular weight is 564 g/mol. The molecule has 0 saturated carbocycles. The van der Waals surface area contributed by atoms with E-state index in [4.69, 9.17) is 9.47 Å². The van der Waals surface area contributed by atoms with Gasteiger partial charge in [0, 0.05) is 37.6 Å². The fourth-order valence-corrected chi connectivity index (χ4v) is 5.10. The number of ether oxygens (including phenoxy) is 2. The van der Waals surface area contributed by atoms with Crippen molar-refractivity contribution < 1.29 is 35.9 Å². The SMILES string of the molecule is CCOc1ccc(NS(=O)(=O)c2ccc(OCC(=O)N3CCN(c4cccc(C(F)(F)F)c4)CC3)cc2)cc1. The molecule has 39 heavy (non-hydrogen) atoms. The highest BCUT2D eigenvalue weighted by atomic mass is 32.2. The number of sulfonamides is 1. The quantitative estimate of drug-likeness (QED) is 0.409. The minimum Gasteiger partial charge on any atom is -0.494 e. The first-order valence-corrected chi connectivity index (χ1v) is 13.7. The van der Waals surface area contributed by atoms with Crippen LogP contribution in [0.4, 0.5) is 24.5 Å². The second-order valence-corrected chi connectivity index (χ2v) is 10.4. The molecule has 0 unspecified atom stereocenters. The second kappa shape index (κ2) is 11.9. The monoisotopic (exact) mass is 563 g/mol. The molecule has 1 heterocycles. The van der Waals surface area contributed by atoms with Crippen LogP contribution in [0.2, 0.25) is 0 Å². The molecule has 1 amide bonds.